The maximum Gasteiger partial charge on any atom is 0.311 e. The predicted octanol–water partition coefficient (Wildman–Crippen LogP) is 2.38. The van der Waals surface area contributed by atoms with Crippen LogP contribution in [0.15, 0.2) is 18.2 Å². The Kier molecular flexibility index (Phi) is 5.82. The molecule has 1 aromatic carbocycles. The molecular weight excluding hydrogens is 282 g/mol. The fourth-order valence-corrected chi connectivity index (χ4v) is 2.15. The summed E-state index contributed by atoms with van der Waals surface area (Å²) in [6.07, 6.45) is 1.53. The fourth-order valence-electron chi connectivity index (χ4n) is 2.15. The van der Waals surface area contributed by atoms with Gasteiger partial charge in [-0.15, -0.1) is 12.4 Å². The van der Waals surface area contributed by atoms with E-state index in [4.69, 9.17) is 9.47 Å². The van der Waals surface area contributed by atoms with Crippen LogP contribution in [-0.4, -0.2) is 19.0 Å². The molecule has 0 aliphatic carbocycles. The van der Waals surface area contributed by atoms with E-state index in [9.17, 15) is 9.59 Å². The molecule has 1 fully saturated rings. The first-order valence-corrected chi connectivity index (χ1v) is 6.32. The Hall–Kier alpha value is -1.75. The van der Waals surface area contributed by atoms with Gasteiger partial charge < -0.3 is 14.8 Å². The van der Waals surface area contributed by atoms with Crippen LogP contribution in [0.2, 0.25) is 0 Å². The molecule has 0 aromatic heterocycles. The molecule has 0 bridgehead atoms. The molecule has 1 atom stereocenters. The Labute approximate surface area is 124 Å². The summed E-state index contributed by atoms with van der Waals surface area (Å²) in [6, 6.07) is 5.27. The highest BCUT2D eigenvalue weighted by Crippen LogP contribution is 2.38. The van der Waals surface area contributed by atoms with Gasteiger partial charge >= 0.3 is 5.97 Å². The Balaban J connectivity index is 0.00000200. The minimum absolute atomic E-state index is 0. The number of methoxy groups -OCH3 is 1. The van der Waals surface area contributed by atoms with Gasteiger partial charge in [0.05, 0.1) is 13.2 Å². The molecule has 1 saturated heterocycles. The Morgan fingerprint density at radius 2 is 2.20 bits per heavy atom. The molecule has 5 nitrogen and oxygen atoms in total. The number of carbonyl (C=O) groups is 2. The van der Waals surface area contributed by atoms with Gasteiger partial charge in [-0.1, -0.05) is 19.1 Å². The summed E-state index contributed by atoms with van der Waals surface area (Å²) in [7, 11) is 1.53. The smallest absolute Gasteiger partial charge is 0.311 e. The van der Waals surface area contributed by atoms with Gasteiger partial charge in [0.25, 0.3) is 0 Å². The minimum Gasteiger partial charge on any atom is -0.492 e. The van der Waals surface area contributed by atoms with Crippen LogP contribution in [0.3, 0.4) is 0 Å². The molecule has 1 N–H and O–H groups in total. The third-order valence-electron chi connectivity index (χ3n) is 3.10. The van der Waals surface area contributed by atoms with Crippen LogP contribution in [-0.2, 0) is 9.59 Å². The van der Waals surface area contributed by atoms with E-state index >= 15 is 0 Å². The molecule has 0 radical (unpaired) electrons. The molecule has 1 aromatic rings. The lowest BCUT2D eigenvalue weighted by molar-refractivity contribution is -0.134. The van der Waals surface area contributed by atoms with E-state index in [-0.39, 0.29) is 30.3 Å². The van der Waals surface area contributed by atoms with E-state index < -0.39 is 0 Å². The molecule has 0 saturated carbocycles. The number of nitrogens with one attached hydrogen (secondary N) is 1. The minimum atomic E-state index is -0.314. The van der Waals surface area contributed by atoms with E-state index in [1.54, 1.807) is 19.1 Å². The van der Waals surface area contributed by atoms with Crippen LogP contribution in [0, 0.1) is 0 Å². The van der Waals surface area contributed by atoms with Gasteiger partial charge in [-0.25, -0.2) is 0 Å². The molecule has 6 heteroatoms. The van der Waals surface area contributed by atoms with Crippen molar-refractivity contribution in [3.8, 4) is 11.5 Å². The van der Waals surface area contributed by atoms with Gasteiger partial charge in [-0.05, 0) is 12.5 Å². The van der Waals surface area contributed by atoms with Gasteiger partial charge in [0.2, 0.25) is 5.91 Å². The average molecular weight is 300 g/mol. The number of hydrogen-bond donors (Lipinski definition) is 1. The van der Waals surface area contributed by atoms with Crippen molar-refractivity contribution in [1.82, 2.24) is 5.32 Å². The Bertz CT molecular complexity index is 504. The number of hydrogen-bond acceptors (Lipinski definition) is 4. The zero-order chi connectivity index (χ0) is 13.8. The Morgan fingerprint density at radius 1 is 1.45 bits per heavy atom. The second-order valence-electron chi connectivity index (χ2n) is 4.37. The molecule has 2 rings (SSSR count). The highest BCUT2D eigenvalue weighted by atomic mass is 35.5. The zero-order valence-corrected chi connectivity index (χ0v) is 12.3. The van der Waals surface area contributed by atoms with Gasteiger partial charge in [0.1, 0.15) is 0 Å². The van der Waals surface area contributed by atoms with Crippen LogP contribution in [0.25, 0.3) is 0 Å². The second kappa shape index (κ2) is 7.14. The number of benzene rings is 1. The molecule has 0 spiro atoms. The number of ether oxygens (including phenoxy) is 2. The predicted molar refractivity (Wildman–Crippen MR) is 76.3 cm³/mol. The Morgan fingerprint density at radius 3 is 2.75 bits per heavy atom. The molecule has 0 unspecified atom stereocenters. The van der Waals surface area contributed by atoms with Crippen molar-refractivity contribution in [3.05, 3.63) is 23.8 Å². The first-order valence-electron chi connectivity index (χ1n) is 6.32. The van der Waals surface area contributed by atoms with Crippen molar-refractivity contribution < 1.29 is 19.1 Å². The lowest BCUT2D eigenvalue weighted by Crippen LogP contribution is -2.19. The van der Waals surface area contributed by atoms with Crippen LogP contribution >= 0.6 is 12.4 Å². The van der Waals surface area contributed by atoms with Crippen molar-refractivity contribution in [3.63, 3.8) is 0 Å². The number of carbonyl (C=O) groups excluding carboxylic acids is 2. The summed E-state index contributed by atoms with van der Waals surface area (Å²) in [6.45, 7) is 1.73. The van der Waals surface area contributed by atoms with Gasteiger partial charge in [0.15, 0.2) is 11.5 Å². The molecule has 20 heavy (non-hydrogen) atoms. The molecule has 110 valence electrons. The third-order valence-corrected chi connectivity index (χ3v) is 3.10. The number of amides is 1. The lowest BCUT2D eigenvalue weighted by Gasteiger charge is -2.17. The molecule has 1 heterocycles. The number of rotatable bonds is 4. The first-order chi connectivity index (χ1) is 9.15. The summed E-state index contributed by atoms with van der Waals surface area (Å²) in [5.41, 5.74) is 0.842. The van der Waals surface area contributed by atoms with Crippen LogP contribution in [0.1, 0.15) is 37.8 Å². The number of para-hydroxylation sites is 1. The summed E-state index contributed by atoms with van der Waals surface area (Å²) >= 11 is 0. The summed E-state index contributed by atoms with van der Waals surface area (Å²) < 4.78 is 10.6. The van der Waals surface area contributed by atoms with Crippen molar-refractivity contribution in [1.29, 1.82) is 0 Å². The number of esters is 1. The van der Waals surface area contributed by atoms with Gasteiger partial charge in [-0.2, -0.15) is 0 Å². The number of halogens is 1. The molecule has 1 aliphatic heterocycles. The van der Waals surface area contributed by atoms with Crippen molar-refractivity contribution in [2.24, 2.45) is 0 Å². The van der Waals surface area contributed by atoms with Crippen molar-refractivity contribution in [2.75, 3.05) is 7.11 Å². The molecule has 1 amide bonds. The van der Waals surface area contributed by atoms with E-state index in [1.807, 2.05) is 6.07 Å². The SMILES string of the molecule is CCC(=O)Oc1cccc([C@@H]2CCC(=O)N2)c1OC.Cl. The molecule has 1 aliphatic rings. The van der Waals surface area contributed by atoms with Crippen LogP contribution < -0.4 is 14.8 Å². The largest absolute Gasteiger partial charge is 0.492 e. The monoisotopic (exact) mass is 299 g/mol. The third kappa shape index (κ3) is 3.42. The van der Waals surface area contributed by atoms with E-state index in [1.165, 1.54) is 7.11 Å². The van der Waals surface area contributed by atoms with Gasteiger partial charge in [-0.3, -0.25) is 9.59 Å². The summed E-state index contributed by atoms with van der Waals surface area (Å²) in [5, 5.41) is 2.88. The maximum atomic E-state index is 11.4. The van der Waals surface area contributed by atoms with Crippen molar-refractivity contribution >= 4 is 24.3 Å². The lowest BCUT2D eigenvalue weighted by atomic mass is 10.0. The molecular formula is C14H18ClNO4. The van der Waals surface area contributed by atoms with Crippen LogP contribution in [0.5, 0.6) is 11.5 Å². The first kappa shape index (κ1) is 16.3. The van der Waals surface area contributed by atoms with Crippen LogP contribution in [0.4, 0.5) is 0 Å². The highest BCUT2D eigenvalue weighted by molar-refractivity contribution is 5.85. The quantitative estimate of drug-likeness (QED) is 0.685. The van der Waals surface area contributed by atoms with E-state index in [0.717, 1.165) is 12.0 Å². The van der Waals surface area contributed by atoms with Crippen molar-refractivity contribution in [2.45, 2.75) is 32.2 Å². The average Bonchev–Trinajstić information content (AvgIpc) is 2.84. The summed E-state index contributed by atoms with van der Waals surface area (Å²) in [4.78, 5) is 22.7. The summed E-state index contributed by atoms with van der Waals surface area (Å²) in [5.74, 6) is 0.624. The topological polar surface area (TPSA) is 64.6 Å². The van der Waals surface area contributed by atoms with E-state index in [2.05, 4.69) is 5.32 Å². The van der Waals surface area contributed by atoms with E-state index in [0.29, 0.717) is 24.3 Å². The normalized spacial score (nSPS) is 17.1. The highest BCUT2D eigenvalue weighted by Gasteiger charge is 2.26. The zero-order valence-electron chi connectivity index (χ0n) is 11.5. The maximum absolute atomic E-state index is 11.4. The standard InChI is InChI=1S/C14H17NO4.ClH/c1-3-13(17)19-11-6-4-5-9(14(11)18-2)10-7-8-12(16)15-10;/h4-6,10H,3,7-8H2,1-2H3,(H,15,16);1H/t10-;/m0./s1. The second-order valence-corrected chi connectivity index (χ2v) is 4.37. The van der Waals surface area contributed by atoms with Gasteiger partial charge in [0, 0.05) is 18.4 Å². The fraction of sp³-hybridized carbons (Fsp3) is 0.429.